The van der Waals surface area contributed by atoms with Gasteiger partial charge in [0.15, 0.2) is 0 Å². The van der Waals surface area contributed by atoms with Crippen molar-refractivity contribution in [1.29, 1.82) is 0 Å². The maximum atomic E-state index is 5.84. The lowest BCUT2D eigenvalue weighted by Crippen LogP contribution is -2.24. The minimum atomic E-state index is 0.488. The molecular formula is C14H15BrN4. The predicted octanol–water partition coefficient (Wildman–Crippen LogP) is 2.77. The van der Waals surface area contributed by atoms with E-state index in [1.54, 1.807) is 0 Å². The summed E-state index contributed by atoms with van der Waals surface area (Å²) in [6.07, 6.45) is 3.75. The lowest BCUT2D eigenvalue weighted by atomic mass is 10.0. The Kier molecular flexibility index (Phi) is 3.38. The minimum Gasteiger partial charge on any atom is -0.383 e. The summed E-state index contributed by atoms with van der Waals surface area (Å²) < 4.78 is 0.786. The van der Waals surface area contributed by atoms with Crippen molar-refractivity contribution in [2.45, 2.75) is 19.4 Å². The zero-order valence-electron chi connectivity index (χ0n) is 10.5. The van der Waals surface area contributed by atoms with Crippen molar-refractivity contribution in [2.75, 3.05) is 17.2 Å². The molecule has 5 heteroatoms. The first-order valence-electron chi connectivity index (χ1n) is 6.33. The molecule has 0 saturated carbocycles. The van der Waals surface area contributed by atoms with Gasteiger partial charge in [-0.25, -0.2) is 9.97 Å². The van der Waals surface area contributed by atoms with Gasteiger partial charge < -0.3 is 10.6 Å². The van der Waals surface area contributed by atoms with Gasteiger partial charge in [-0.2, -0.15) is 0 Å². The molecule has 0 fully saturated rings. The van der Waals surface area contributed by atoms with Crippen LogP contribution in [-0.2, 0) is 13.0 Å². The number of hydrogen-bond donors (Lipinski definition) is 1. The average Bonchev–Trinajstić information content (AvgIpc) is 2.64. The highest BCUT2D eigenvalue weighted by atomic mass is 79.9. The Bertz CT molecular complexity index is 600. The molecule has 1 aromatic heterocycles. The Morgan fingerprint density at radius 3 is 2.79 bits per heavy atom. The molecule has 3 rings (SSSR count). The van der Waals surface area contributed by atoms with Gasteiger partial charge in [0.25, 0.3) is 0 Å². The van der Waals surface area contributed by atoms with E-state index in [1.165, 1.54) is 17.5 Å². The highest BCUT2D eigenvalue weighted by Gasteiger charge is 2.18. The highest BCUT2D eigenvalue weighted by molar-refractivity contribution is 9.10. The van der Waals surface area contributed by atoms with Crippen LogP contribution in [0.15, 0.2) is 35.1 Å². The van der Waals surface area contributed by atoms with Crippen molar-refractivity contribution in [2.24, 2.45) is 0 Å². The molecule has 0 radical (unpaired) electrons. The molecule has 0 amide bonds. The summed E-state index contributed by atoms with van der Waals surface area (Å²) in [5, 5.41) is 0. The van der Waals surface area contributed by atoms with Crippen molar-refractivity contribution >= 4 is 27.6 Å². The van der Waals surface area contributed by atoms with Gasteiger partial charge in [-0.05, 0) is 39.9 Å². The first-order chi connectivity index (χ1) is 9.25. The molecule has 0 unspecified atom stereocenters. The maximum absolute atomic E-state index is 5.84. The van der Waals surface area contributed by atoms with Crippen LogP contribution >= 0.6 is 15.9 Å². The van der Waals surface area contributed by atoms with Crippen LogP contribution in [0.25, 0.3) is 0 Å². The van der Waals surface area contributed by atoms with Crippen LogP contribution in [0.5, 0.6) is 0 Å². The van der Waals surface area contributed by atoms with E-state index in [-0.39, 0.29) is 0 Å². The number of fused-ring (bicyclic) bond motifs is 1. The van der Waals surface area contributed by atoms with Crippen molar-refractivity contribution in [3.8, 4) is 0 Å². The van der Waals surface area contributed by atoms with Gasteiger partial charge >= 0.3 is 0 Å². The summed E-state index contributed by atoms with van der Waals surface area (Å²) in [5.74, 6) is 1.37. The number of benzene rings is 1. The Morgan fingerprint density at radius 2 is 1.95 bits per heavy atom. The van der Waals surface area contributed by atoms with E-state index in [1.807, 2.05) is 0 Å². The average molecular weight is 319 g/mol. The number of rotatable bonds is 1. The van der Waals surface area contributed by atoms with Crippen LogP contribution in [0, 0.1) is 0 Å². The number of halogens is 1. The largest absolute Gasteiger partial charge is 0.383 e. The first-order valence-corrected chi connectivity index (χ1v) is 7.12. The Morgan fingerprint density at radius 1 is 1.16 bits per heavy atom. The highest BCUT2D eigenvalue weighted by Crippen LogP contribution is 2.30. The number of nitrogens with two attached hydrogens (primary N) is 1. The van der Waals surface area contributed by atoms with Crippen LogP contribution < -0.4 is 10.6 Å². The van der Waals surface area contributed by atoms with Gasteiger partial charge in [-0.1, -0.05) is 24.3 Å². The van der Waals surface area contributed by atoms with E-state index >= 15 is 0 Å². The molecule has 19 heavy (non-hydrogen) atoms. The summed E-state index contributed by atoms with van der Waals surface area (Å²) >= 11 is 3.49. The second-order valence-corrected chi connectivity index (χ2v) is 5.48. The fourth-order valence-electron chi connectivity index (χ4n) is 2.48. The molecule has 0 bridgehead atoms. The number of anilines is 2. The number of nitrogen functional groups attached to an aromatic ring is 1. The van der Waals surface area contributed by atoms with E-state index in [0.717, 1.165) is 36.2 Å². The lowest BCUT2D eigenvalue weighted by Gasteiger charge is -2.23. The van der Waals surface area contributed by atoms with E-state index < -0.39 is 0 Å². The van der Waals surface area contributed by atoms with Crippen LogP contribution in [0.1, 0.15) is 17.5 Å². The Labute approximate surface area is 120 Å². The van der Waals surface area contributed by atoms with Crippen LogP contribution in [0.2, 0.25) is 0 Å². The van der Waals surface area contributed by atoms with Crippen molar-refractivity contribution < 1.29 is 0 Å². The van der Waals surface area contributed by atoms with E-state index in [4.69, 9.17) is 5.73 Å². The van der Waals surface area contributed by atoms with Gasteiger partial charge in [0, 0.05) is 13.1 Å². The summed E-state index contributed by atoms with van der Waals surface area (Å²) in [4.78, 5) is 10.6. The summed E-state index contributed by atoms with van der Waals surface area (Å²) in [5.41, 5.74) is 8.63. The number of hydrogen-bond acceptors (Lipinski definition) is 4. The number of aromatic nitrogens is 2. The number of aryl methyl sites for hydroxylation is 1. The van der Waals surface area contributed by atoms with E-state index in [0.29, 0.717) is 5.82 Å². The molecule has 2 aromatic rings. The van der Waals surface area contributed by atoms with Crippen molar-refractivity contribution in [1.82, 2.24) is 9.97 Å². The molecule has 2 N–H and O–H groups in total. The quantitative estimate of drug-likeness (QED) is 0.878. The molecule has 1 aliphatic heterocycles. The molecule has 0 atom stereocenters. The molecular weight excluding hydrogens is 304 g/mol. The molecule has 4 nitrogen and oxygen atoms in total. The van der Waals surface area contributed by atoms with Crippen molar-refractivity contribution in [3.05, 3.63) is 46.2 Å². The van der Waals surface area contributed by atoms with E-state index in [2.05, 4.69) is 55.1 Å². The molecule has 0 aliphatic carbocycles. The predicted molar refractivity (Wildman–Crippen MR) is 80.0 cm³/mol. The third-order valence-electron chi connectivity index (χ3n) is 3.45. The molecule has 98 valence electrons. The topological polar surface area (TPSA) is 55.0 Å². The molecule has 1 aliphatic rings. The second-order valence-electron chi connectivity index (χ2n) is 4.69. The lowest BCUT2D eigenvalue weighted by molar-refractivity contribution is 0.751. The first kappa shape index (κ1) is 12.4. The normalized spacial score (nSPS) is 14.9. The van der Waals surface area contributed by atoms with Gasteiger partial charge in [0.05, 0.1) is 0 Å². The van der Waals surface area contributed by atoms with Crippen molar-refractivity contribution in [3.63, 3.8) is 0 Å². The Balaban J connectivity index is 1.96. The fourth-order valence-corrected chi connectivity index (χ4v) is 2.93. The summed E-state index contributed by atoms with van der Waals surface area (Å²) in [6, 6.07) is 8.59. The Hall–Kier alpha value is -1.62. The number of nitrogens with zero attached hydrogens (tertiary/aromatic N) is 3. The zero-order chi connectivity index (χ0) is 13.2. The molecule has 0 saturated heterocycles. The molecule has 1 aromatic carbocycles. The van der Waals surface area contributed by atoms with Gasteiger partial charge in [0.1, 0.15) is 22.4 Å². The summed E-state index contributed by atoms with van der Waals surface area (Å²) in [6.45, 7) is 1.84. The summed E-state index contributed by atoms with van der Waals surface area (Å²) in [7, 11) is 0. The third-order valence-corrected chi connectivity index (χ3v) is 4.21. The van der Waals surface area contributed by atoms with E-state index in [9.17, 15) is 0 Å². The molecule has 0 spiro atoms. The smallest absolute Gasteiger partial charge is 0.148 e. The zero-order valence-corrected chi connectivity index (χ0v) is 12.1. The monoisotopic (exact) mass is 318 g/mol. The third kappa shape index (κ3) is 2.42. The SMILES string of the molecule is Nc1ncnc(N2CCCc3ccccc3C2)c1Br. The minimum absolute atomic E-state index is 0.488. The van der Waals surface area contributed by atoms with Crippen LogP contribution in [-0.4, -0.2) is 16.5 Å². The van der Waals surface area contributed by atoms with Gasteiger partial charge in [-0.3, -0.25) is 0 Å². The molecule has 2 heterocycles. The standard InChI is InChI=1S/C14H15BrN4/c15-12-13(16)17-9-18-14(12)19-7-3-6-10-4-1-2-5-11(10)8-19/h1-2,4-5,9H,3,6-8H2,(H2,16,17,18). The van der Waals surface area contributed by atoms with Crippen LogP contribution in [0.4, 0.5) is 11.6 Å². The maximum Gasteiger partial charge on any atom is 0.148 e. The van der Waals surface area contributed by atoms with Gasteiger partial charge in [-0.15, -0.1) is 0 Å². The second kappa shape index (κ2) is 5.17. The van der Waals surface area contributed by atoms with Crippen LogP contribution in [0.3, 0.4) is 0 Å². The van der Waals surface area contributed by atoms with Gasteiger partial charge in [0.2, 0.25) is 0 Å². The fraction of sp³-hybridized carbons (Fsp3) is 0.286.